The number of aryl methyl sites for hydroxylation is 2. The van der Waals surface area contributed by atoms with Crippen molar-refractivity contribution in [3.05, 3.63) is 29.3 Å². The van der Waals surface area contributed by atoms with Crippen LogP contribution in [-0.4, -0.2) is 43.9 Å². The van der Waals surface area contributed by atoms with Gasteiger partial charge in [-0.2, -0.15) is 0 Å². The number of imidazole rings is 1. The number of aromatic nitrogens is 3. The summed E-state index contributed by atoms with van der Waals surface area (Å²) in [6, 6.07) is 2.01. The zero-order chi connectivity index (χ0) is 14.0. The van der Waals surface area contributed by atoms with E-state index in [1.54, 1.807) is 0 Å². The second-order valence-corrected chi connectivity index (χ2v) is 4.82. The molecule has 0 aromatic carbocycles. The molecule has 0 saturated heterocycles. The number of carboxylic acids is 1. The lowest BCUT2D eigenvalue weighted by molar-refractivity contribution is -0.137. The van der Waals surface area contributed by atoms with Gasteiger partial charge < -0.3 is 5.11 Å². The van der Waals surface area contributed by atoms with Crippen LogP contribution in [0, 0.1) is 13.8 Å². The SMILES string of the molecule is Cc1cc(C)n2cc(CN(C)CCC(=O)O)nc2n1. The van der Waals surface area contributed by atoms with Crippen LogP contribution in [0.3, 0.4) is 0 Å². The average Bonchev–Trinajstić information content (AvgIpc) is 2.69. The second-order valence-electron chi connectivity index (χ2n) is 4.82. The molecule has 0 aliphatic heterocycles. The summed E-state index contributed by atoms with van der Waals surface area (Å²) in [6.45, 7) is 5.09. The summed E-state index contributed by atoms with van der Waals surface area (Å²) in [4.78, 5) is 21.3. The highest BCUT2D eigenvalue weighted by Crippen LogP contribution is 2.09. The predicted molar refractivity (Wildman–Crippen MR) is 71.0 cm³/mol. The zero-order valence-electron chi connectivity index (χ0n) is 11.4. The molecule has 2 aromatic rings. The topological polar surface area (TPSA) is 70.7 Å². The summed E-state index contributed by atoms with van der Waals surface area (Å²) in [5, 5.41) is 8.65. The van der Waals surface area contributed by atoms with Crippen LogP contribution in [0.15, 0.2) is 12.3 Å². The van der Waals surface area contributed by atoms with Crippen molar-refractivity contribution in [3.63, 3.8) is 0 Å². The van der Waals surface area contributed by atoms with Gasteiger partial charge in [-0.15, -0.1) is 0 Å². The lowest BCUT2D eigenvalue weighted by atomic mass is 10.3. The summed E-state index contributed by atoms with van der Waals surface area (Å²) in [5.74, 6) is -0.0888. The van der Waals surface area contributed by atoms with Gasteiger partial charge in [-0.1, -0.05) is 0 Å². The van der Waals surface area contributed by atoms with E-state index in [2.05, 4.69) is 9.97 Å². The standard InChI is InChI=1S/C13H18N4O2/c1-9-6-10(2)17-8-11(15-13(17)14-9)7-16(3)5-4-12(18)19/h6,8H,4-5,7H2,1-3H3,(H,18,19). The van der Waals surface area contributed by atoms with Crippen LogP contribution >= 0.6 is 0 Å². The Kier molecular flexibility index (Phi) is 3.80. The molecule has 0 aliphatic rings. The highest BCUT2D eigenvalue weighted by atomic mass is 16.4. The van der Waals surface area contributed by atoms with Crippen LogP contribution in [0.5, 0.6) is 0 Å². The minimum absolute atomic E-state index is 0.139. The summed E-state index contributed by atoms with van der Waals surface area (Å²) in [5.41, 5.74) is 2.94. The van der Waals surface area contributed by atoms with Crippen LogP contribution in [0.4, 0.5) is 0 Å². The maximum Gasteiger partial charge on any atom is 0.304 e. The number of carboxylic acid groups (broad SMARTS) is 1. The first-order chi connectivity index (χ1) is 8.95. The van der Waals surface area contributed by atoms with Gasteiger partial charge in [0.25, 0.3) is 0 Å². The largest absolute Gasteiger partial charge is 0.481 e. The van der Waals surface area contributed by atoms with E-state index in [0.29, 0.717) is 18.9 Å². The van der Waals surface area contributed by atoms with E-state index in [1.807, 2.05) is 42.5 Å². The molecular formula is C13H18N4O2. The third-order valence-electron chi connectivity index (χ3n) is 2.95. The molecular weight excluding hydrogens is 244 g/mol. The van der Waals surface area contributed by atoms with Crippen molar-refractivity contribution in [2.45, 2.75) is 26.8 Å². The Morgan fingerprint density at radius 2 is 2.16 bits per heavy atom. The van der Waals surface area contributed by atoms with Gasteiger partial charge in [-0.3, -0.25) is 14.1 Å². The van der Waals surface area contributed by atoms with Crippen molar-refractivity contribution in [1.82, 2.24) is 19.3 Å². The summed E-state index contributed by atoms with van der Waals surface area (Å²) in [6.07, 6.45) is 2.09. The van der Waals surface area contributed by atoms with Crippen molar-refractivity contribution in [2.24, 2.45) is 0 Å². The minimum Gasteiger partial charge on any atom is -0.481 e. The molecule has 102 valence electrons. The Bertz CT molecular complexity index is 606. The van der Waals surface area contributed by atoms with Crippen molar-refractivity contribution in [2.75, 3.05) is 13.6 Å². The maximum atomic E-state index is 10.5. The second kappa shape index (κ2) is 5.36. The fraction of sp³-hybridized carbons (Fsp3) is 0.462. The van der Waals surface area contributed by atoms with Gasteiger partial charge in [-0.25, -0.2) is 9.97 Å². The molecule has 6 nitrogen and oxygen atoms in total. The molecule has 0 bridgehead atoms. The third kappa shape index (κ3) is 3.29. The Labute approximate surface area is 111 Å². The molecule has 1 N–H and O–H groups in total. The molecule has 0 fully saturated rings. The van der Waals surface area contributed by atoms with Crippen molar-refractivity contribution >= 4 is 11.7 Å². The quantitative estimate of drug-likeness (QED) is 0.878. The van der Waals surface area contributed by atoms with Gasteiger partial charge >= 0.3 is 5.97 Å². The highest BCUT2D eigenvalue weighted by molar-refractivity contribution is 5.66. The summed E-state index contributed by atoms with van der Waals surface area (Å²) >= 11 is 0. The van der Waals surface area contributed by atoms with Crippen molar-refractivity contribution < 1.29 is 9.90 Å². The zero-order valence-corrected chi connectivity index (χ0v) is 11.4. The minimum atomic E-state index is -0.782. The fourth-order valence-electron chi connectivity index (χ4n) is 2.04. The smallest absolute Gasteiger partial charge is 0.304 e. The van der Waals surface area contributed by atoms with Gasteiger partial charge in [0.1, 0.15) is 0 Å². The van der Waals surface area contributed by atoms with E-state index in [-0.39, 0.29) is 6.42 Å². The Balaban J connectivity index is 2.13. The van der Waals surface area contributed by atoms with Gasteiger partial charge in [0.15, 0.2) is 0 Å². The molecule has 0 radical (unpaired) electrons. The first kappa shape index (κ1) is 13.5. The number of hydrogen-bond donors (Lipinski definition) is 1. The normalized spacial score (nSPS) is 11.4. The first-order valence-corrected chi connectivity index (χ1v) is 6.18. The van der Waals surface area contributed by atoms with E-state index in [1.165, 1.54) is 0 Å². The van der Waals surface area contributed by atoms with Crippen LogP contribution in [0.1, 0.15) is 23.5 Å². The van der Waals surface area contributed by atoms with Gasteiger partial charge in [-0.05, 0) is 27.0 Å². The molecule has 0 unspecified atom stereocenters. The fourth-order valence-corrected chi connectivity index (χ4v) is 2.04. The third-order valence-corrected chi connectivity index (χ3v) is 2.95. The molecule has 2 rings (SSSR count). The van der Waals surface area contributed by atoms with Crippen LogP contribution in [0.25, 0.3) is 5.78 Å². The Morgan fingerprint density at radius 1 is 1.42 bits per heavy atom. The molecule has 2 heterocycles. The van der Waals surface area contributed by atoms with E-state index in [4.69, 9.17) is 5.11 Å². The van der Waals surface area contributed by atoms with Crippen LogP contribution in [0.2, 0.25) is 0 Å². The molecule has 0 saturated carbocycles. The number of rotatable bonds is 5. The molecule has 0 atom stereocenters. The van der Waals surface area contributed by atoms with E-state index >= 15 is 0 Å². The number of hydrogen-bond acceptors (Lipinski definition) is 4. The van der Waals surface area contributed by atoms with E-state index in [0.717, 1.165) is 17.1 Å². The Hall–Kier alpha value is -1.95. The summed E-state index contributed by atoms with van der Waals surface area (Å²) < 4.78 is 1.95. The molecule has 6 heteroatoms. The Morgan fingerprint density at radius 3 is 2.84 bits per heavy atom. The van der Waals surface area contributed by atoms with Crippen molar-refractivity contribution in [1.29, 1.82) is 0 Å². The van der Waals surface area contributed by atoms with Gasteiger partial charge in [0, 0.05) is 30.7 Å². The predicted octanol–water partition coefficient (Wildman–Crippen LogP) is 1.25. The first-order valence-electron chi connectivity index (χ1n) is 6.18. The van der Waals surface area contributed by atoms with Gasteiger partial charge in [0.2, 0.25) is 5.78 Å². The highest BCUT2D eigenvalue weighted by Gasteiger charge is 2.09. The molecule has 0 amide bonds. The summed E-state index contributed by atoms with van der Waals surface area (Å²) in [7, 11) is 1.89. The number of carbonyl (C=O) groups is 1. The lowest BCUT2D eigenvalue weighted by Crippen LogP contribution is -2.21. The van der Waals surface area contributed by atoms with Crippen LogP contribution in [-0.2, 0) is 11.3 Å². The number of nitrogens with zero attached hydrogens (tertiary/aromatic N) is 4. The number of aliphatic carboxylic acids is 1. The van der Waals surface area contributed by atoms with E-state index < -0.39 is 5.97 Å². The monoisotopic (exact) mass is 262 g/mol. The maximum absolute atomic E-state index is 10.5. The molecule has 2 aromatic heterocycles. The van der Waals surface area contributed by atoms with Crippen LogP contribution < -0.4 is 0 Å². The van der Waals surface area contributed by atoms with Crippen molar-refractivity contribution in [3.8, 4) is 0 Å². The molecule has 0 spiro atoms. The lowest BCUT2D eigenvalue weighted by Gasteiger charge is -2.12. The number of fused-ring (bicyclic) bond motifs is 1. The average molecular weight is 262 g/mol. The van der Waals surface area contributed by atoms with Gasteiger partial charge in [0.05, 0.1) is 12.1 Å². The molecule has 19 heavy (non-hydrogen) atoms. The molecule has 0 aliphatic carbocycles. The van der Waals surface area contributed by atoms with E-state index in [9.17, 15) is 4.79 Å².